The van der Waals surface area contributed by atoms with Crippen LogP contribution in [0, 0.1) is 12.8 Å². The molecule has 3 heterocycles. The zero-order valence-electron chi connectivity index (χ0n) is 16.0. The van der Waals surface area contributed by atoms with E-state index in [1.807, 2.05) is 16.8 Å². The molecule has 1 amide bonds. The first-order valence-corrected chi connectivity index (χ1v) is 9.57. The number of hydrogen-bond donors (Lipinski definition) is 1. The van der Waals surface area contributed by atoms with Crippen molar-refractivity contribution in [3.8, 4) is 5.82 Å². The molecule has 28 heavy (non-hydrogen) atoms. The average Bonchev–Trinajstić information content (AvgIpc) is 3.28. The third-order valence-electron chi connectivity index (χ3n) is 5.18. The summed E-state index contributed by atoms with van der Waals surface area (Å²) in [6, 6.07) is 10.2. The van der Waals surface area contributed by atoms with Crippen LogP contribution in [0.3, 0.4) is 0 Å². The van der Waals surface area contributed by atoms with E-state index in [9.17, 15) is 4.79 Å². The Labute approximate surface area is 164 Å². The highest BCUT2D eigenvalue weighted by Crippen LogP contribution is 2.23. The number of benzene rings is 1. The topological polar surface area (TPSA) is 75.9 Å². The molecule has 0 unspecified atom stereocenters. The predicted molar refractivity (Wildman–Crippen MR) is 107 cm³/mol. The minimum atomic E-state index is 0.0525. The van der Waals surface area contributed by atoms with Gasteiger partial charge in [-0.15, -0.1) is 0 Å². The van der Waals surface area contributed by atoms with Crippen LogP contribution < -0.4 is 10.2 Å². The summed E-state index contributed by atoms with van der Waals surface area (Å²) in [6.07, 6.45) is 8.52. The molecule has 7 heteroatoms. The molecule has 144 valence electrons. The molecule has 0 atom stereocenters. The number of nitrogens with one attached hydrogen (secondary N) is 1. The first-order valence-electron chi connectivity index (χ1n) is 9.57. The Morgan fingerprint density at radius 2 is 1.89 bits per heavy atom. The summed E-state index contributed by atoms with van der Waals surface area (Å²) in [6.45, 7) is 4.26. The molecule has 1 saturated heterocycles. The molecule has 0 saturated carbocycles. The molecule has 3 aromatic rings. The van der Waals surface area contributed by atoms with Crippen molar-refractivity contribution in [3.05, 3.63) is 66.5 Å². The van der Waals surface area contributed by atoms with Gasteiger partial charge in [0.2, 0.25) is 5.91 Å². The summed E-state index contributed by atoms with van der Waals surface area (Å²) in [5.74, 6) is 1.87. The van der Waals surface area contributed by atoms with Crippen LogP contribution in [0.25, 0.3) is 5.82 Å². The number of aryl methyl sites for hydroxylation is 1. The number of rotatable bonds is 5. The molecule has 1 aliphatic rings. The van der Waals surface area contributed by atoms with E-state index in [0.29, 0.717) is 6.54 Å². The first-order chi connectivity index (χ1) is 13.7. The molecule has 1 N–H and O–H groups in total. The van der Waals surface area contributed by atoms with Gasteiger partial charge in [0.25, 0.3) is 0 Å². The van der Waals surface area contributed by atoms with Crippen LogP contribution in [0.1, 0.15) is 24.0 Å². The van der Waals surface area contributed by atoms with Crippen LogP contribution in [0.2, 0.25) is 0 Å². The number of anilines is 1. The summed E-state index contributed by atoms with van der Waals surface area (Å²) in [5.41, 5.74) is 2.35. The van der Waals surface area contributed by atoms with Crippen molar-refractivity contribution in [2.75, 3.05) is 18.0 Å². The average molecular weight is 376 g/mol. The molecule has 1 aliphatic heterocycles. The van der Waals surface area contributed by atoms with Crippen molar-refractivity contribution >= 4 is 11.7 Å². The fourth-order valence-corrected chi connectivity index (χ4v) is 3.46. The van der Waals surface area contributed by atoms with Gasteiger partial charge in [-0.3, -0.25) is 9.36 Å². The maximum absolute atomic E-state index is 12.5. The molecule has 1 fully saturated rings. The van der Waals surface area contributed by atoms with Crippen LogP contribution in [0.5, 0.6) is 0 Å². The normalized spacial score (nSPS) is 14.8. The number of carbonyl (C=O) groups excluding carboxylic acids is 1. The second kappa shape index (κ2) is 8.21. The summed E-state index contributed by atoms with van der Waals surface area (Å²) < 4.78 is 1.86. The first kappa shape index (κ1) is 18.2. The van der Waals surface area contributed by atoms with E-state index in [2.05, 4.69) is 56.4 Å². The van der Waals surface area contributed by atoms with Crippen molar-refractivity contribution in [1.82, 2.24) is 24.8 Å². The molecule has 2 aromatic heterocycles. The van der Waals surface area contributed by atoms with Crippen molar-refractivity contribution < 1.29 is 4.79 Å². The third-order valence-corrected chi connectivity index (χ3v) is 5.18. The maximum Gasteiger partial charge on any atom is 0.223 e. The standard InChI is InChI=1S/C21H24N6O/c1-16-2-4-17(5-3-16)13-23-21(28)18-6-9-26(10-7-18)19-12-20(25-14-24-19)27-11-8-22-15-27/h2-5,8,11-12,14-15,18H,6-7,9-10,13H2,1H3,(H,23,28). The number of piperidine rings is 1. The zero-order chi connectivity index (χ0) is 19.3. The lowest BCUT2D eigenvalue weighted by atomic mass is 9.96. The van der Waals surface area contributed by atoms with Gasteiger partial charge in [0, 0.05) is 44.0 Å². The van der Waals surface area contributed by atoms with Crippen molar-refractivity contribution in [3.63, 3.8) is 0 Å². The van der Waals surface area contributed by atoms with Gasteiger partial charge in [-0.1, -0.05) is 29.8 Å². The molecule has 0 radical (unpaired) electrons. The number of hydrogen-bond acceptors (Lipinski definition) is 5. The molecule has 1 aromatic carbocycles. The minimum Gasteiger partial charge on any atom is -0.356 e. The Hall–Kier alpha value is -3.22. The van der Waals surface area contributed by atoms with Gasteiger partial charge in [-0.05, 0) is 25.3 Å². The monoisotopic (exact) mass is 376 g/mol. The summed E-state index contributed by atoms with van der Waals surface area (Å²) in [5, 5.41) is 3.08. The molecule has 0 bridgehead atoms. The quantitative estimate of drug-likeness (QED) is 0.740. The van der Waals surface area contributed by atoms with Crippen molar-refractivity contribution in [1.29, 1.82) is 0 Å². The van der Waals surface area contributed by atoms with Crippen LogP contribution in [-0.4, -0.2) is 38.5 Å². The Morgan fingerprint density at radius 1 is 1.14 bits per heavy atom. The fraction of sp³-hybridized carbons (Fsp3) is 0.333. The van der Waals surface area contributed by atoms with Gasteiger partial charge in [0.1, 0.15) is 24.3 Å². The van der Waals surface area contributed by atoms with E-state index in [4.69, 9.17) is 0 Å². The van der Waals surface area contributed by atoms with E-state index in [0.717, 1.165) is 43.1 Å². The largest absolute Gasteiger partial charge is 0.356 e. The highest BCUT2D eigenvalue weighted by atomic mass is 16.1. The third kappa shape index (κ3) is 4.19. The number of nitrogens with zero attached hydrogens (tertiary/aromatic N) is 5. The van der Waals surface area contributed by atoms with Gasteiger partial charge >= 0.3 is 0 Å². The lowest BCUT2D eigenvalue weighted by molar-refractivity contribution is -0.125. The highest BCUT2D eigenvalue weighted by Gasteiger charge is 2.25. The summed E-state index contributed by atoms with van der Waals surface area (Å²) in [4.78, 5) is 27.5. The maximum atomic E-state index is 12.5. The van der Waals surface area contributed by atoms with Crippen molar-refractivity contribution in [2.45, 2.75) is 26.3 Å². The lowest BCUT2D eigenvalue weighted by Crippen LogP contribution is -2.40. The molecule has 7 nitrogen and oxygen atoms in total. The molecular formula is C21H24N6O. The smallest absolute Gasteiger partial charge is 0.223 e. The Balaban J connectivity index is 1.31. The van der Waals surface area contributed by atoms with Crippen LogP contribution >= 0.6 is 0 Å². The second-order valence-electron chi connectivity index (χ2n) is 7.17. The number of carbonyl (C=O) groups is 1. The Kier molecular flexibility index (Phi) is 5.32. The Morgan fingerprint density at radius 3 is 2.61 bits per heavy atom. The highest BCUT2D eigenvalue weighted by molar-refractivity contribution is 5.79. The predicted octanol–water partition coefficient (Wildman–Crippen LogP) is 2.50. The minimum absolute atomic E-state index is 0.0525. The van der Waals surface area contributed by atoms with Gasteiger partial charge in [0.15, 0.2) is 0 Å². The molecule has 4 rings (SSSR count). The second-order valence-corrected chi connectivity index (χ2v) is 7.17. The Bertz CT molecular complexity index is 914. The zero-order valence-corrected chi connectivity index (χ0v) is 16.0. The number of aromatic nitrogens is 4. The van der Waals surface area contributed by atoms with E-state index < -0.39 is 0 Å². The van der Waals surface area contributed by atoms with Crippen LogP contribution in [-0.2, 0) is 11.3 Å². The molecule has 0 spiro atoms. The number of amides is 1. The summed E-state index contributed by atoms with van der Waals surface area (Å²) >= 11 is 0. The lowest BCUT2D eigenvalue weighted by Gasteiger charge is -2.32. The fourth-order valence-electron chi connectivity index (χ4n) is 3.46. The van der Waals surface area contributed by atoms with Gasteiger partial charge < -0.3 is 10.2 Å². The summed E-state index contributed by atoms with van der Waals surface area (Å²) in [7, 11) is 0. The van der Waals surface area contributed by atoms with Crippen molar-refractivity contribution in [2.24, 2.45) is 5.92 Å². The van der Waals surface area contributed by atoms with E-state index in [-0.39, 0.29) is 11.8 Å². The SMILES string of the molecule is Cc1ccc(CNC(=O)C2CCN(c3cc(-n4ccnc4)ncn3)CC2)cc1. The van der Waals surface area contributed by atoms with Gasteiger partial charge in [-0.2, -0.15) is 0 Å². The van der Waals surface area contributed by atoms with E-state index in [1.54, 1.807) is 18.9 Å². The van der Waals surface area contributed by atoms with Crippen LogP contribution in [0.4, 0.5) is 5.82 Å². The molecular weight excluding hydrogens is 352 g/mol. The van der Waals surface area contributed by atoms with E-state index in [1.165, 1.54) is 5.56 Å². The molecule has 0 aliphatic carbocycles. The van der Waals surface area contributed by atoms with Gasteiger partial charge in [0.05, 0.1) is 0 Å². The van der Waals surface area contributed by atoms with Crippen LogP contribution in [0.15, 0.2) is 55.4 Å². The number of imidazole rings is 1. The van der Waals surface area contributed by atoms with E-state index >= 15 is 0 Å². The van der Waals surface area contributed by atoms with Gasteiger partial charge in [-0.25, -0.2) is 15.0 Å².